The van der Waals surface area contributed by atoms with Gasteiger partial charge in [0.1, 0.15) is 11.5 Å². The number of rotatable bonds is 4. The molecule has 0 amide bonds. The van der Waals surface area contributed by atoms with Crippen molar-refractivity contribution in [2.45, 2.75) is 0 Å². The molecule has 0 heterocycles. The molecule has 0 saturated heterocycles. The summed E-state index contributed by atoms with van der Waals surface area (Å²) in [6, 6.07) is 4.82. The van der Waals surface area contributed by atoms with E-state index in [1.807, 2.05) is 0 Å². The Bertz CT molecular complexity index is 426. The summed E-state index contributed by atoms with van der Waals surface area (Å²) >= 11 is 0. The first-order valence-corrected chi connectivity index (χ1v) is 5.99. The van der Waals surface area contributed by atoms with E-state index in [1.165, 1.54) is 14.2 Å². The van der Waals surface area contributed by atoms with Gasteiger partial charge in [-0.25, -0.2) is 0 Å². The third kappa shape index (κ3) is 2.44. The van der Waals surface area contributed by atoms with Crippen LogP contribution in [0.15, 0.2) is 24.8 Å². The molecule has 0 unspecified atom stereocenters. The average molecular weight is 244 g/mol. The molecule has 0 aliphatic heterocycles. The number of ether oxygens (including phenoxy) is 2. The fourth-order valence-corrected chi connectivity index (χ4v) is 1.79. The van der Waals surface area contributed by atoms with Gasteiger partial charge in [-0.3, -0.25) is 4.57 Å². The van der Waals surface area contributed by atoms with E-state index in [4.69, 9.17) is 19.3 Å². The molecule has 2 N–H and O–H groups in total. The molecule has 1 aromatic rings. The van der Waals surface area contributed by atoms with Crippen LogP contribution in [-0.2, 0) is 4.57 Å². The second kappa shape index (κ2) is 4.70. The highest BCUT2D eigenvalue weighted by Crippen LogP contribution is 2.54. The highest BCUT2D eigenvalue weighted by atomic mass is 31.2. The summed E-state index contributed by atoms with van der Waals surface area (Å²) < 4.78 is 21.2. The van der Waals surface area contributed by atoms with Crippen LogP contribution >= 0.6 is 7.60 Å². The third-order valence-electron chi connectivity index (χ3n) is 2.07. The fraction of sp³-hybridized carbons (Fsp3) is 0.200. The van der Waals surface area contributed by atoms with Gasteiger partial charge in [-0.2, -0.15) is 0 Å². The van der Waals surface area contributed by atoms with Crippen molar-refractivity contribution in [2.75, 3.05) is 14.2 Å². The molecule has 0 saturated carbocycles. The fourth-order valence-electron chi connectivity index (χ4n) is 1.28. The molecular weight excluding hydrogens is 231 g/mol. The second-order valence-electron chi connectivity index (χ2n) is 3.03. The Kier molecular flexibility index (Phi) is 3.75. The molecule has 16 heavy (non-hydrogen) atoms. The summed E-state index contributed by atoms with van der Waals surface area (Å²) in [7, 11) is -1.60. The van der Waals surface area contributed by atoms with Crippen molar-refractivity contribution < 1.29 is 23.8 Å². The zero-order valence-corrected chi connectivity index (χ0v) is 9.90. The molecule has 0 atom stereocenters. The molecule has 0 fully saturated rings. The first kappa shape index (κ1) is 12.8. The quantitative estimate of drug-likeness (QED) is 0.790. The van der Waals surface area contributed by atoms with Gasteiger partial charge in [0, 0.05) is 0 Å². The van der Waals surface area contributed by atoms with Crippen LogP contribution in [0, 0.1) is 0 Å². The molecule has 0 aromatic heterocycles. The summed E-state index contributed by atoms with van der Waals surface area (Å²) in [4.78, 5) is 18.2. The van der Waals surface area contributed by atoms with Crippen molar-refractivity contribution in [1.82, 2.24) is 0 Å². The van der Waals surface area contributed by atoms with E-state index >= 15 is 0 Å². The van der Waals surface area contributed by atoms with Gasteiger partial charge in [0.25, 0.3) is 0 Å². The van der Waals surface area contributed by atoms with E-state index in [9.17, 15) is 4.57 Å². The Labute approximate surface area is 93.5 Å². The lowest BCUT2D eigenvalue weighted by Gasteiger charge is -2.15. The van der Waals surface area contributed by atoms with Crippen LogP contribution in [0.25, 0.3) is 5.31 Å². The Morgan fingerprint density at radius 3 is 2.00 bits per heavy atom. The maximum atomic E-state index is 11.2. The molecule has 6 heteroatoms. The molecular formula is C10H13O5P. The summed E-state index contributed by atoms with van der Waals surface area (Å²) in [6.07, 6.45) is 0. The minimum Gasteiger partial charge on any atom is -0.496 e. The summed E-state index contributed by atoms with van der Waals surface area (Å²) in [5.74, 6) is 0.625. The predicted octanol–water partition coefficient (Wildman–Crippen LogP) is 1.85. The second-order valence-corrected chi connectivity index (χ2v) is 4.66. The predicted molar refractivity (Wildman–Crippen MR) is 60.6 cm³/mol. The van der Waals surface area contributed by atoms with E-state index in [0.717, 1.165) is 0 Å². The molecule has 88 valence electrons. The van der Waals surface area contributed by atoms with Crippen molar-refractivity contribution in [3.8, 4) is 11.5 Å². The molecule has 0 radical (unpaired) electrons. The Hall–Kier alpha value is -1.29. The van der Waals surface area contributed by atoms with Gasteiger partial charge in [-0.1, -0.05) is 12.6 Å². The Balaban J connectivity index is 3.40. The Morgan fingerprint density at radius 2 is 1.69 bits per heavy atom. The van der Waals surface area contributed by atoms with E-state index in [-0.39, 0.29) is 10.9 Å². The SMILES string of the molecule is C=C(c1c(OC)cccc1OC)P(=O)(O)O. The standard InChI is InChI=1S/C10H13O5P/c1-7(16(11,12)13)10-8(14-2)5-4-6-9(10)15-3/h4-6H,1H2,2-3H3,(H2,11,12,13). The molecule has 5 nitrogen and oxygen atoms in total. The zero-order chi connectivity index (χ0) is 12.3. The number of hydrogen-bond acceptors (Lipinski definition) is 3. The van der Waals surface area contributed by atoms with Crippen molar-refractivity contribution in [1.29, 1.82) is 0 Å². The molecule has 0 bridgehead atoms. The molecule has 0 aliphatic carbocycles. The van der Waals surface area contributed by atoms with Crippen molar-refractivity contribution in [3.63, 3.8) is 0 Å². The maximum Gasteiger partial charge on any atom is 0.356 e. The van der Waals surface area contributed by atoms with Crippen molar-refractivity contribution in [2.24, 2.45) is 0 Å². The van der Waals surface area contributed by atoms with Crippen LogP contribution < -0.4 is 9.47 Å². The van der Waals surface area contributed by atoms with E-state index in [2.05, 4.69) is 6.58 Å². The maximum absolute atomic E-state index is 11.2. The molecule has 0 aliphatic rings. The topological polar surface area (TPSA) is 76.0 Å². The van der Waals surface area contributed by atoms with Crippen molar-refractivity contribution in [3.05, 3.63) is 30.3 Å². The molecule has 1 aromatic carbocycles. The summed E-state index contributed by atoms with van der Waals surface area (Å²) in [6.45, 7) is 3.39. The highest BCUT2D eigenvalue weighted by Gasteiger charge is 2.26. The van der Waals surface area contributed by atoms with Gasteiger partial charge in [0.2, 0.25) is 0 Å². The van der Waals surface area contributed by atoms with Crippen molar-refractivity contribution >= 4 is 12.9 Å². The lowest BCUT2D eigenvalue weighted by molar-refractivity contribution is 0.381. The van der Waals surface area contributed by atoms with Crippen LogP contribution in [0.5, 0.6) is 11.5 Å². The summed E-state index contributed by atoms with van der Waals surface area (Å²) in [5, 5.41) is -0.318. The van der Waals surface area contributed by atoms with Gasteiger partial charge in [0.05, 0.1) is 25.1 Å². The first-order chi connectivity index (χ1) is 7.41. The van der Waals surface area contributed by atoms with Crippen LogP contribution in [0.3, 0.4) is 0 Å². The molecule has 1 rings (SSSR count). The van der Waals surface area contributed by atoms with Gasteiger partial charge in [-0.15, -0.1) is 0 Å². The largest absolute Gasteiger partial charge is 0.496 e. The van der Waals surface area contributed by atoms with E-state index < -0.39 is 7.60 Å². The number of hydrogen-bond donors (Lipinski definition) is 2. The average Bonchev–Trinajstić information content (AvgIpc) is 2.25. The third-order valence-corrected chi connectivity index (χ3v) is 2.99. The van der Waals surface area contributed by atoms with Crippen LogP contribution in [-0.4, -0.2) is 24.0 Å². The summed E-state index contributed by atoms with van der Waals surface area (Å²) in [5.41, 5.74) is 0.195. The lowest BCUT2D eigenvalue weighted by Crippen LogP contribution is -1.96. The van der Waals surface area contributed by atoms with Gasteiger partial charge in [0.15, 0.2) is 0 Å². The number of benzene rings is 1. The lowest BCUT2D eigenvalue weighted by atomic mass is 10.1. The zero-order valence-electron chi connectivity index (χ0n) is 9.01. The Morgan fingerprint density at radius 1 is 1.25 bits per heavy atom. The van der Waals surface area contributed by atoms with Crippen LogP contribution in [0.1, 0.15) is 5.56 Å². The normalized spacial score (nSPS) is 11.0. The number of methoxy groups -OCH3 is 2. The van der Waals surface area contributed by atoms with E-state index in [1.54, 1.807) is 18.2 Å². The smallest absolute Gasteiger partial charge is 0.356 e. The van der Waals surface area contributed by atoms with Crippen LogP contribution in [0.4, 0.5) is 0 Å². The molecule has 0 spiro atoms. The van der Waals surface area contributed by atoms with Crippen LogP contribution in [0.2, 0.25) is 0 Å². The minimum absolute atomic E-state index is 0.195. The van der Waals surface area contributed by atoms with E-state index in [0.29, 0.717) is 11.5 Å². The minimum atomic E-state index is -4.41. The monoisotopic (exact) mass is 244 g/mol. The van der Waals surface area contributed by atoms with Gasteiger partial charge in [-0.05, 0) is 12.1 Å². The van der Waals surface area contributed by atoms with Gasteiger partial charge < -0.3 is 19.3 Å². The highest BCUT2D eigenvalue weighted by molar-refractivity contribution is 7.63. The first-order valence-electron chi connectivity index (χ1n) is 4.38. The van der Waals surface area contributed by atoms with Gasteiger partial charge >= 0.3 is 7.60 Å².